The Morgan fingerprint density at radius 3 is 2.59 bits per heavy atom. The fourth-order valence-corrected chi connectivity index (χ4v) is 2.10. The molecular formula is C13H14N2O2. The van der Waals surface area contributed by atoms with Crippen LogP contribution >= 0.6 is 0 Å². The lowest BCUT2D eigenvalue weighted by molar-refractivity contribution is -0.0410. The second kappa shape index (κ2) is 3.40. The highest BCUT2D eigenvalue weighted by Gasteiger charge is 2.35. The minimum atomic E-state index is -0.553. The molecule has 0 spiro atoms. The normalized spacial score (nSPS) is 21.9. The maximum atomic E-state index is 9.99. The number of rotatable bonds is 0. The number of ether oxygens (including phenoxy) is 1. The summed E-state index contributed by atoms with van der Waals surface area (Å²) in [6.45, 7) is 3.78. The van der Waals surface area contributed by atoms with E-state index >= 15 is 0 Å². The third kappa shape index (κ3) is 1.65. The van der Waals surface area contributed by atoms with Crippen LogP contribution in [0.3, 0.4) is 0 Å². The topological polar surface area (TPSA) is 55.2 Å². The third-order valence-corrected chi connectivity index (χ3v) is 3.24. The van der Waals surface area contributed by atoms with Crippen LogP contribution < -0.4 is 4.74 Å². The first-order chi connectivity index (χ1) is 8.06. The summed E-state index contributed by atoms with van der Waals surface area (Å²) < 4.78 is 5.82. The molecule has 0 aliphatic carbocycles. The van der Waals surface area contributed by atoms with Crippen LogP contribution in [-0.4, -0.2) is 26.8 Å². The van der Waals surface area contributed by atoms with Gasteiger partial charge in [0.1, 0.15) is 11.4 Å². The van der Waals surface area contributed by atoms with E-state index in [0.717, 1.165) is 22.3 Å². The van der Waals surface area contributed by atoms with Crippen LogP contribution in [0.4, 0.5) is 0 Å². The molecule has 1 aromatic heterocycles. The predicted octanol–water partition coefficient (Wildman–Crippen LogP) is 1.70. The highest BCUT2D eigenvalue weighted by molar-refractivity contribution is 5.77. The Morgan fingerprint density at radius 1 is 1.24 bits per heavy atom. The Kier molecular flexibility index (Phi) is 2.10. The molecule has 2 aromatic rings. The van der Waals surface area contributed by atoms with Crippen molar-refractivity contribution in [2.24, 2.45) is 0 Å². The lowest BCUT2D eigenvalue weighted by atomic mass is 9.91. The first-order valence-corrected chi connectivity index (χ1v) is 5.67. The van der Waals surface area contributed by atoms with Gasteiger partial charge in [0.15, 0.2) is 0 Å². The van der Waals surface area contributed by atoms with Gasteiger partial charge in [-0.05, 0) is 25.5 Å². The number of aliphatic hydroxyl groups is 1. The summed E-state index contributed by atoms with van der Waals surface area (Å²) in [4.78, 5) is 8.50. The van der Waals surface area contributed by atoms with E-state index in [-0.39, 0.29) is 0 Å². The van der Waals surface area contributed by atoms with Gasteiger partial charge in [-0.1, -0.05) is 0 Å². The van der Waals surface area contributed by atoms with Gasteiger partial charge >= 0.3 is 0 Å². The highest BCUT2D eigenvalue weighted by atomic mass is 16.5. The Bertz CT molecular complexity index is 581. The largest absolute Gasteiger partial charge is 0.485 e. The van der Waals surface area contributed by atoms with Crippen LogP contribution in [-0.2, 0) is 6.42 Å². The van der Waals surface area contributed by atoms with Crippen molar-refractivity contribution in [2.45, 2.75) is 32.0 Å². The zero-order chi connectivity index (χ0) is 12.0. The van der Waals surface area contributed by atoms with Crippen molar-refractivity contribution in [3.8, 4) is 5.75 Å². The van der Waals surface area contributed by atoms with Crippen LogP contribution in [0.1, 0.15) is 19.4 Å². The lowest BCUT2D eigenvalue weighted by Crippen LogP contribution is -2.46. The summed E-state index contributed by atoms with van der Waals surface area (Å²) >= 11 is 0. The molecule has 4 nitrogen and oxygen atoms in total. The number of aromatic nitrogens is 2. The first kappa shape index (κ1) is 10.5. The molecule has 1 atom stereocenters. The molecule has 4 heteroatoms. The average molecular weight is 230 g/mol. The summed E-state index contributed by atoms with van der Waals surface area (Å²) in [6.07, 6.45) is 3.43. The number of benzene rings is 1. The number of aliphatic hydroxyl groups excluding tert-OH is 1. The van der Waals surface area contributed by atoms with Crippen molar-refractivity contribution < 1.29 is 9.84 Å². The second-order valence-corrected chi connectivity index (χ2v) is 4.93. The molecule has 17 heavy (non-hydrogen) atoms. The van der Waals surface area contributed by atoms with E-state index in [1.807, 2.05) is 26.0 Å². The van der Waals surface area contributed by atoms with Crippen LogP contribution in [0.5, 0.6) is 5.75 Å². The molecule has 2 heterocycles. The molecule has 0 amide bonds. The summed E-state index contributed by atoms with van der Waals surface area (Å²) in [5.74, 6) is 0.799. The molecule has 0 saturated heterocycles. The number of nitrogens with zero attached hydrogens (tertiary/aromatic N) is 2. The second-order valence-electron chi connectivity index (χ2n) is 4.93. The molecule has 1 aliphatic heterocycles. The summed E-state index contributed by atoms with van der Waals surface area (Å²) in [7, 11) is 0. The molecule has 3 rings (SSSR count). The maximum Gasteiger partial charge on any atom is 0.129 e. The van der Waals surface area contributed by atoms with E-state index in [2.05, 4.69) is 9.97 Å². The van der Waals surface area contributed by atoms with Crippen molar-refractivity contribution in [1.29, 1.82) is 0 Å². The molecule has 88 valence electrons. The Morgan fingerprint density at radius 2 is 1.88 bits per heavy atom. The van der Waals surface area contributed by atoms with Gasteiger partial charge in [0, 0.05) is 24.9 Å². The molecule has 0 radical (unpaired) electrons. The van der Waals surface area contributed by atoms with Gasteiger partial charge < -0.3 is 9.84 Å². The minimum Gasteiger partial charge on any atom is -0.485 e. The molecule has 0 fully saturated rings. The van der Waals surface area contributed by atoms with Gasteiger partial charge in [-0.25, -0.2) is 0 Å². The van der Waals surface area contributed by atoms with Gasteiger partial charge in [-0.2, -0.15) is 0 Å². The average Bonchev–Trinajstić information content (AvgIpc) is 2.28. The van der Waals surface area contributed by atoms with E-state index in [0.29, 0.717) is 6.42 Å². The smallest absolute Gasteiger partial charge is 0.129 e. The van der Waals surface area contributed by atoms with Gasteiger partial charge in [-0.15, -0.1) is 0 Å². The third-order valence-electron chi connectivity index (χ3n) is 3.24. The van der Waals surface area contributed by atoms with Crippen LogP contribution in [0.25, 0.3) is 11.0 Å². The van der Waals surface area contributed by atoms with Crippen LogP contribution in [0, 0.1) is 0 Å². The number of hydrogen-bond acceptors (Lipinski definition) is 4. The first-order valence-electron chi connectivity index (χ1n) is 5.67. The zero-order valence-electron chi connectivity index (χ0n) is 9.84. The summed E-state index contributed by atoms with van der Waals surface area (Å²) in [6, 6.07) is 3.83. The van der Waals surface area contributed by atoms with Gasteiger partial charge in [-0.3, -0.25) is 9.97 Å². The molecule has 1 unspecified atom stereocenters. The molecule has 1 aliphatic rings. The number of fused-ring (bicyclic) bond motifs is 2. The fourth-order valence-electron chi connectivity index (χ4n) is 2.10. The van der Waals surface area contributed by atoms with Crippen molar-refractivity contribution in [3.05, 3.63) is 30.1 Å². The van der Waals surface area contributed by atoms with Crippen LogP contribution in [0.15, 0.2) is 24.5 Å². The standard InChI is InChI=1S/C13H14N2O2/c1-13(2)12(16)6-8-5-9-10(7-11(8)17-13)15-4-3-14-9/h3-5,7,12,16H,6H2,1-2H3. The maximum absolute atomic E-state index is 9.99. The highest BCUT2D eigenvalue weighted by Crippen LogP contribution is 2.35. The van der Waals surface area contributed by atoms with Crippen molar-refractivity contribution >= 4 is 11.0 Å². The summed E-state index contributed by atoms with van der Waals surface area (Å²) in [5.41, 5.74) is 2.09. The molecular weight excluding hydrogens is 216 g/mol. The zero-order valence-corrected chi connectivity index (χ0v) is 9.84. The molecule has 0 saturated carbocycles. The quantitative estimate of drug-likeness (QED) is 0.748. The summed E-state index contributed by atoms with van der Waals surface area (Å²) in [5, 5.41) is 9.99. The van der Waals surface area contributed by atoms with E-state index in [1.54, 1.807) is 12.4 Å². The van der Waals surface area contributed by atoms with Crippen molar-refractivity contribution in [1.82, 2.24) is 9.97 Å². The SMILES string of the molecule is CC1(C)Oc2cc3nccnc3cc2CC1O. The monoisotopic (exact) mass is 230 g/mol. The van der Waals surface area contributed by atoms with Gasteiger partial charge in [0.05, 0.1) is 17.1 Å². The van der Waals surface area contributed by atoms with E-state index in [4.69, 9.17) is 4.74 Å². The van der Waals surface area contributed by atoms with Crippen LogP contribution in [0.2, 0.25) is 0 Å². The molecule has 0 bridgehead atoms. The molecule has 1 N–H and O–H groups in total. The Hall–Kier alpha value is -1.68. The van der Waals surface area contributed by atoms with Crippen molar-refractivity contribution in [3.63, 3.8) is 0 Å². The molecule has 1 aromatic carbocycles. The lowest BCUT2D eigenvalue weighted by Gasteiger charge is -2.37. The van der Waals surface area contributed by atoms with E-state index < -0.39 is 11.7 Å². The van der Waals surface area contributed by atoms with E-state index in [1.165, 1.54) is 0 Å². The minimum absolute atomic E-state index is 0.496. The van der Waals surface area contributed by atoms with E-state index in [9.17, 15) is 5.11 Å². The fraction of sp³-hybridized carbons (Fsp3) is 0.385. The van der Waals surface area contributed by atoms with Crippen molar-refractivity contribution in [2.75, 3.05) is 0 Å². The predicted molar refractivity (Wildman–Crippen MR) is 64.0 cm³/mol. The Balaban J connectivity index is 2.17. The number of hydrogen-bond donors (Lipinski definition) is 1. The Labute approximate surface area is 99.3 Å². The van der Waals surface area contributed by atoms with Gasteiger partial charge in [0.25, 0.3) is 0 Å². The van der Waals surface area contributed by atoms with Gasteiger partial charge in [0.2, 0.25) is 0 Å².